The van der Waals surface area contributed by atoms with Crippen molar-refractivity contribution >= 4 is 34.1 Å². The van der Waals surface area contributed by atoms with Crippen LogP contribution in [0.3, 0.4) is 0 Å². The minimum atomic E-state index is -4.56. The summed E-state index contributed by atoms with van der Waals surface area (Å²) in [7, 11) is 1.50. The number of benzene rings is 1. The summed E-state index contributed by atoms with van der Waals surface area (Å²) < 4.78 is 53.7. The Balaban J connectivity index is 1.25. The van der Waals surface area contributed by atoms with Gasteiger partial charge in [-0.3, -0.25) is 14.3 Å². The van der Waals surface area contributed by atoms with Crippen molar-refractivity contribution in [3.8, 4) is 22.1 Å². The zero-order valence-corrected chi connectivity index (χ0v) is 25.2. The molecule has 14 heteroatoms. The number of nitrogens with two attached hydrogens (primary N) is 1. The third-order valence-electron chi connectivity index (χ3n) is 8.94. The third kappa shape index (κ3) is 4.99. The Labute approximate surface area is 259 Å². The van der Waals surface area contributed by atoms with Crippen LogP contribution in [-0.2, 0) is 22.0 Å². The maximum Gasteiger partial charge on any atom is 0.425 e. The van der Waals surface area contributed by atoms with Gasteiger partial charge in [-0.1, -0.05) is 0 Å². The molecule has 2 saturated carbocycles. The normalized spacial score (nSPS) is 20.8. The van der Waals surface area contributed by atoms with Crippen molar-refractivity contribution in [3.05, 3.63) is 58.2 Å². The van der Waals surface area contributed by atoms with Crippen LogP contribution in [0.4, 0.5) is 13.2 Å². The molecule has 0 spiro atoms. The van der Waals surface area contributed by atoms with Crippen LogP contribution in [0.5, 0.6) is 11.5 Å². The van der Waals surface area contributed by atoms with Gasteiger partial charge in [-0.05, 0) is 68.9 Å². The fourth-order valence-corrected chi connectivity index (χ4v) is 6.71. The Kier molecular flexibility index (Phi) is 6.68. The first-order chi connectivity index (χ1) is 21.3. The monoisotopic (exact) mass is 641 g/mol. The molecule has 0 saturated heterocycles. The molecule has 2 aliphatic carbocycles. The molecule has 236 valence electrons. The largest absolute Gasteiger partial charge is 0.494 e. The number of carbonyl (C=O) groups excluding carboxylic acids is 2. The Morgan fingerprint density at radius 2 is 1.98 bits per heavy atom. The average Bonchev–Trinajstić information content (AvgIpc) is 3.92. The summed E-state index contributed by atoms with van der Waals surface area (Å²) in [6, 6.07) is 7.42. The summed E-state index contributed by atoms with van der Waals surface area (Å²) in [5.41, 5.74) is 4.20. The second-order valence-electron chi connectivity index (χ2n) is 12.2. The SMILES string of the molecule is COc1cc(C(=O)NCC(O)(c2cc3c(c(-c4ccc(C(F)(F)F)s4)n2)OC[C@]3(C)C(N)=O)C2CC2)cc2cn(C3CC3)nc12. The summed E-state index contributed by atoms with van der Waals surface area (Å²) in [5.74, 6) is -0.858. The van der Waals surface area contributed by atoms with Gasteiger partial charge in [0.05, 0.1) is 30.3 Å². The van der Waals surface area contributed by atoms with Gasteiger partial charge in [0.1, 0.15) is 39.5 Å². The number of nitrogens with one attached hydrogen (secondary N) is 1. The molecular weight excluding hydrogens is 611 g/mol. The van der Waals surface area contributed by atoms with E-state index < -0.39 is 33.9 Å². The summed E-state index contributed by atoms with van der Waals surface area (Å²) in [6.45, 7) is 1.21. The van der Waals surface area contributed by atoms with Crippen molar-refractivity contribution in [3.63, 3.8) is 0 Å². The zero-order chi connectivity index (χ0) is 31.9. The molecule has 4 N–H and O–H groups in total. The van der Waals surface area contributed by atoms with Gasteiger partial charge in [-0.25, -0.2) is 4.98 Å². The Hall–Kier alpha value is -4.17. The quantitative estimate of drug-likeness (QED) is 0.241. The van der Waals surface area contributed by atoms with Gasteiger partial charge in [0.25, 0.3) is 5.91 Å². The molecule has 3 aliphatic rings. The van der Waals surface area contributed by atoms with Gasteiger partial charge < -0.3 is 25.6 Å². The van der Waals surface area contributed by atoms with E-state index in [1.807, 2.05) is 10.9 Å². The number of primary amides is 1. The molecular formula is C31H30F3N5O5S. The fraction of sp³-hybridized carbons (Fsp3) is 0.419. The van der Waals surface area contributed by atoms with E-state index in [4.69, 9.17) is 15.2 Å². The van der Waals surface area contributed by atoms with Crippen molar-refractivity contribution in [2.24, 2.45) is 11.7 Å². The second-order valence-corrected chi connectivity index (χ2v) is 13.3. The maximum absolute atomic E-state index is 13.5. The number of carbonyl (C=O) groups is 2. The van der Waals surface area contributed by atoms with Crippen LogP contribution < -0.4 is 20.5 Å². The molecule has 2 fully saturated rings. The molecule has 0 bridgehead atoms. The molecule has 45 heavy (non-hydrogen) atoms. The van der Waals surface area contributed by atoms with E-state index in [-0.39, 0.29) is 41.1 Å². The smallest absolute Gasteiger partial charge is 0.425 e. The summed E-state index contributed by atoms with van der Waals surface area (Å²) in [5, 5.41) is 20.3. The van der Waals surface area contributed by atoms with Gasteiger partial charge in [-0.2, -0.15) is 18.3 Å². The highest BCUT2D eigenvalue weighted by atomic mass is 32.1. The van der Waals surface area contributed by atoms with Gasteiger partial charge in [-0.15, -0.1) is 11.3 Å². The van der Waals surface area contributed by atoms with Crippen LogP contribution in [-0.4, -0.2) is 51.9 Å². The molecule has 2 amide bonds. The van der Waals surface area contributed by atoms with E-state index in [2.05, 4.69) is 15.4 Å². The number of methoxy groups -OCH3 is 1. The minimum absolute atomic E-state index is 0.0706. The number of alkyl halides is 3. The molecule has 1 aromatic carbocycles. The lowest BCUT2D eigenvalue weighted by Crippen LogP contribution is -2.44. The number of halogens is 3. The van der Waals surface area contributed by atoms with E-state index in [0.29, 0.717) is 52.6 Å². The van der Waals surface area contributed by atoms with Crippen LogP contribution in [0.1, 0.15) is 65.1 Å². The molecule has 7 rings (SSSR count). The van der Waals surface area contributed by atoms with Gasteiger partial charge in [0.2, 0.25) is 5.91 Å². The molecule has 1 aliphatic heterocycles. The van der Waals surface area contributed by atoms with Gasteiger partial charge in [0.15, 0.2) is 5.75 Å². The van der Waals surface area contributed by atoms with Crippen molar-refractivity contribution in [1.82, 2.24) is 20.1 Å². The highest BCUT2D eigenvalue weighted by molar-refractivity contribution is 7.15. The highest BCUT2D eigenvalue weighted by Gasteiger charge is 2.50. The number of rotatable bonds is 9. The summed E-state index contributed by atoms with van der Waals surface area (Å²) >= 11 is 0.484. The maximum atomic E-state index is 13.5. The average molecular weight is 642 g/mol. The predicted molar refractivity (Wildman–Crippen MR) is 158 cm³/mol. The lowest BCUT2D eigenvalue weighted by molar-refractivity contribution is -0.134. The van der Waals surface area contributed by atoms with Crippen molar-refractivity contribution in [2.45, 2.75) is 55.8 Å². The van der Waals surface area contributed by atoms with Crippen molar-refractivity contribution < 1.29 is 37.3 Å². The number of hydrogen-bond acceptors (Lipinski definition) is 8. The number of pyridine rings is 1. The number of fused-ring (bicyclic) bond motifs is 2. The number of ether oxygens (including phenoxy) is 2. The van der Waals surface area contributed by atoms with E-state index in [1.165, 1.54) is 19.2 Å². The molecule has 2 atom stereocenters. The van der Waals surface area contributed by atoms with Crippen LogP contribution >= 0.6 is 11.3 Å². The van der Waals surface area contributed by atoms with E-state index in [1.54, 1.807) is 19.1 Å². The first-order valence-corrected chi connectivity index (χ1v) is 15.4. The van der Waals surface area contributed by atoms with E-state index in [0.717, 1.165) is 24.3 Å². The topological polar surface area (TPSA) is 142 Å². The lowest BCUT2D eigenvalue weighted by atomic mass is 9.81. The van der Waals surface area contributed by atoms with Crippen molar-refractivity contribution in [1.29, 1.82) is 0 Å². The van der Waals surface area contributed by atoms with Crippen LogP contribution in [0, 0.1) is 5.92 Å². The van der Waals surface area contributed by atoms with Gasteiger partial charge in [0, 0.05) is 22.7 Å². The Bertz CT molecular complexity index is 1860. The number of amides is 2. The first-order valence-electron chi connectivity index (χ1n) is 14.6. The summed E-state index contributed by atoms with van der Waals surface area (Å²) in [4.78, 5) is 30.0. The number of aliphatic hydroxyl groups is 1. The van der Waals surface area contributed by atoms with E-state index >= 15 is 0 Å². The van der Waals surface area contributed by atoms with Crippen LogP contribution in [0.25, 0.3) is 21.5 Å². The van der Waals surface area contributed by atoms with Crippen LogP contribution in [0.15, 0.2) is 36.5 Å². The standard InChI is InChI=1S/C31H30F3N5O5S/c1-29(28(35)41)14-44-26-19(29)11-22(37-25(26)21-7-8-23(45-21)31(32,33)34)30(42,17-3-4-17)13-36-27(40)15-9-16-12-39(18-5-6-18)38-24(16)20(10-15)43-2/h7-12,17-18,42H,3-6,13-14H2,1-2H3,(H2,35,41)(H,36,40)/t29-,30?/m0/s1. The Morgan fingerprint density at radius 1 is 1.22 bits per heavy atom. The number of nitrogens with zero attached hydrogens (tertiary/aromatic N) is 3. The molecule has 1 unspecified atom stereocenters. The zero-order valence-electron chi connectivity index (χ0n) is 24.4. The molecule has 4 aromatic rings. The van der Waals surface area contributed by atoms with Crippen molar-refractivity contribution in [2.75, 3.05) is 20.3 Å². The predicted octanol–water partition coefficient (Wildman–Crippen LogP) is 4.69. The molecule has 10 nitrogen and oxygen atoms in total. The Morgan fingerprint density at radius 3 is 2.60 bits per heavy atom. The second kappa shape index (κ2) is 10.2. The lowest BCUT2D eigenvalue weighted by Gasteiger charge is -2.30. The molecule has 3 aromatic heterocycles. The van der Waals surface area contributed by atoms with Gasteiger partial charge >= 0.3 is 6.18 Å². The fourth-order valence-electron chi connectivity index (χ4n) is 5.85. The highest BCUT2D eigenvalue weighted by Crippen LogP contribution is 2.51. The number of thiophene rings is 1. The van der Waals surface area contributed by atoms with E-state index in [9.17, 15) is 27.9 Å². The molecule has 0 radical (unpaired) electrons. The first kappa shape index (κ1) is 29.5. The van der Waals surface area contributed by atoms with Crippen LogP contribution in [0.2, 0.25) is 0 Å². The third-order valence-corrected chi connectivity index (χ3v) is 10.1. The molecule has 4 heterocycles. The number of aromatic nitrogens is 3. The summed E-state index contributed by atoms with van der Waals surface area (Å²) in [6.07, 6.45) is 0.691. The minimum Gasteiger partial charge on any atom is -0.494 e. The number of hydrogen-bond donors (Lipinski definition) is 3.